The van der Waals surface area contributed by atoms with Crippen LogP contribution in [0.15, 0.2) is 18.2 Å². The number of benzene rings is 1. The molecule has 2 aromatic rings. The van der Waals surface area contributed by atoms with Gasteiger partial charge in [0, 0.05) is 31.7 Å². The van der Waals surface area contributed by atoms with Crippen molar-refractivity contribution in [1.29, 1.82) is 0 Å². The topological polar surface area (TPSA) is 102 Å². The summed E-state index contributed by atoms with van der Waals surface area (Å²) in [6.07, 6.45) is 0.897. The van der Waals surface area contributed by atoms with Crippen molar-refractivity contribution in [1.82, 2.24) is 14.7 Å². The number of nitrogen functional groups attached to an aromatic ring is 1. The predicted molar refractivity (Wildman–Crippen MR) is 117 cm³/mol. The molecule has 31 heavy (non-hydrogen) atoms. The summed E-state index contributed by atoms with van der Waals surface area (Å²) in [6, 6.07) is 3.93. The Morgan fingerprint density at radius 3 is 2.52 bits per heavy atom. The van der Waals surface area contributed by atoms with Crippen molar-refractivity contribution < 1.29 is 18.7 Å². The molecule has 3 N–H and O–H groups in total. The van der Waals surface area contributed by atoms with Crippen molar-refractivity contribution in [3.63, 3.8) is 0 Å². The first-order chi connectivity index (χ1) is 14.5. The fourth-order valence-electron chi connectivity index (χ4n) is 3.51. The van der Waals surface area contributed by atoms with Crippen molar-refractivity contribution in [3.05, 3.63) is 40.3 Å². The summed E-state index contributed by atoms with van der Waals surface area (Å²) < 4.78 is 20.3. The van der Waals surface area contributed by atoms with Gasteiger partial charge in [0.1, 0.15) is 22.8 Å². The number of nitrogens with one attached hydrogen (secondary N) is 1. The fourth-order valence-corrected chi connectivity index (χ4v) is 3.69. The van der Waals surface area contributed by atoms with E-state index in [-0.39, 0.29) is 28.4 Å². The average molecular weight is 452 g/mol. The number of nitrogens with two attached hydrogens (primary N) is 1. The van der Waals surface area contributed by atoms with Gasteiger partial charge >= 0.3 is 6.09 Å². The number of amides is 2. The third-order valence-corrected chi connectivity index (χ3v) is 5.35. The van der Waals surface area contributed by atoms with Crippen LogP contribution in [-0.2, 0) is 11.8 Å². The van der Waals surface area contributed by atoms with Gasteiger partial charge in [0.2, 0.25) is 0 Å². The Labute approximate surface area is 185 Å². The van der Waals surface area contributed by atoms with Gasteiger partial charge in [0.05, 0.1) is 10.7 Å². The van der Waals surface area contributed by atoms with E-state index in [1.54, 1.807) is 11.9 Å². The standard InChI is InChI=1S/C21H27ClFN5O3/c1-21(2,3)31-20(30)28-9-7-12(8-10-28)17-16(18(24)27(4)26-17)19(29)25-13-5-6-15(23)14(22)11-13/h5-6,11-12H,7-10,24H2,1-4H3,(H,25,29). The number of aromatic nitrogens is 2. The average Bonchev–Trinajstić information content (AvgIpc) is 2.98. The van der Waals surface area contributed by atoms with Crippen molar-refractivity contribution in [2.24, 2.45) is 7.05 Å². The highest BCUT2D eigenvalue weighted by atomic mass is 35.5. The summed E-state index contributed by atoms with van der Waals surface area (Å²) in [6.45, 7) is 6.46. The number of halogens is 2. The van der Waals surface area contributed by atoms with Crippen LogP contribution >= 0.6 is 11.6 Å². The van der Waals surface area contributed by atoms with Gasteiger partial charge in [-0.15, -0.1) is 0 Å². The van der Waals surface area contributed by atoms with Crippen molar-refractivity contribution in [2.45, 2.75) is 45.1 Å². The Bertz CT molecular complexity index is 994. The minimum Gasteiger partial charge on any atom is -0.444 e. The zero-order chi connectivity index (χ0) is 22.9. The molecule has 0 atom stereocenters. The number of aryl methyl sites for hydroxylation is 1. The van der Waals surface area contributed by atoms with Crippen LogP contribution in [0.3, 0.4) is 0 Å². The number of carbonyl (C=O) groups is 2. The lowest BCUT2D eigenvalue weighted by atomic mass is 9.91. The summed E-state index contributed by atoms with van der Waals surface area (Å²) >= 11 is 5.80. The summed E-state index contributed by atoms with van der Waals surface area (Å²) in [7, 11) is 1.67. The molecule has 0 aliphatic carbocycles. The molecule has 0 spiro atoms. The van der Waals surface area contributed by atoms with Crippen LogP contribution in [0, 0.1) is 5.82 Å². The van der Waals surface area contributed by atoms with E-state index in [2.05, 4.69) is 10.4 Å². The van der Waals surface area contributed by atoms with E-state index < -0.39 is 17.3 Å². The molecule has 2 amide bonds. The van der Waals surface area contributed by atoms with Crippen molar-refractivity contribution >= 4 is 35.1 Å². The van der Waals surface area contributed by atoms with E-state index in [1.807, 2.05) is 20.8 Å². The van der Waals surface area contributed by atoms with E-state index in [0.717, 1.165) is 0 Å². The molecule has 1 saturated heterocycles. The quantitative estimate of drug-likeness (QED) is 0.729. The maximum Gasteiger partial charge on any atom is 0.410 e. The van der Waals surface area contributed by atoms with Crippen LogP contribution in [0.25, 0.3) is 0 Å². The number of nitrogens with zero attached hydrogens (tertiary/aromatic N) is 3. The molecule has 2 heterocycles. The third-order valence-electron chi connectivity index (χ3n) is 5.06. The smallest absolute Gasteiger partial charge is 0.410 e. The molecule has 1 aromatic heterocycles. The summed E-state index contributed by atoms with van der Waals surface area (Å²) in [5, 5.41) is 7.08. The lowest BCUT2D eigenvalue weighted by Crippen LogP contribution is -2.41. The van der Waals surface area contributed by atoms with Gasteiger partial charge in [-0.05, 0) is 51.8 Å². The molecule has 1 aliphatic heterocycles. The highest BCUT2D eigenvalue weighted by Gasteiger charge is 2.32. The number of anilines is 2. The number of hydrogen-bond donors (Lipinski definition) is 2. The molecule has 0 bridgehead atoms. The number of piperidine rings is 1. The molecule has 0 radical (unpaired) electrons. The minimum absolute atomic E-state index is 0.0419. The largest absolute Gasteiger partial charge is 0.444 e. The van der Waals surface area contributed by atoms with Crippen LogP contribution < -0.4 is 11.1 Å². The summed E-state index contributed by atoms with van der Waals surface area (Å²) in [5.41, 5.74) is 6.78. The normalized spacial score (nSPS) is 15.1. The number of hydrogen-bond acceptors (Lipinski definition) is 5. The SMILES string of the molecule is Cn1nc(C2CCN(C(=O)OC(C)(C)C)CC2)c(C(=O)Nc2ccc(F)c(Cl)c2)c1N. The zero-order valence-electron chi connectivity index (χ0n) is 18.0. The lowest BCUT2D eigenvalue weighted by molar-refractivity contribution is 0.0203. The number of ether oxygens (including phenoxy) is 1. The Morgan fingerprint density at radius 2 is 1.94 bits per heavy atom. The molecule has 10 heteroatoms. The second-order valence-corrected chi connectivity index (χ2v) is 9.00. The Morgan fingerprint density at radius 1 is 1.29 bits per heavy atom. The first-order valence-corrected chi connectivity index (χ1v) is 10.4. The van der Waals surface area contributed by atoms with Gasteiger partial charge in [-0.3, -0.25) is 9.48 Å². The maximum atomic E-state index is 13.4. The Kier molecular flexibility index (Phi) is 6.45. The third kappa shape index (κ3) is 5.28. The van der Waals surface area contributed by atoms with Gasteiger partial charge in [0.25, 0.3) is 5.91 Å². The number of likely N-dealkylation sites (tertiary alicyclic amines) is 1. The van der Waals surface area contributed by atoms with Gasteiger partial charge in [0.15, 0.2) is 0 Å². The molecule has 1 fully saturated rings. The fraction of sp³-hybridized carbons (Fsp3) is 0.476. The second kappa shape index (κ2) is 8.74. The zero-order valence-corrected chi connectivity index (χ0v) is 18.8. The van der Waals surface area contributed by atoms with Crippen LogP contribution in [0.5, 0.6) is 0 Å². The highest BCUT2D eigenvalue weighted by molar-refractivity contribution is 6.31. The van der Waals surface area contributed by atoms with Gasteiger partial charge in [-0.25, -0.2) is 9.18 Å². The molecule has 0 unspecified atom stereocenters. The van der Waals surface area contributed by atoms with E-state index >= 15 is 0 Å². The minimum atomic E-state index is -0.571. The number of carbonyl (C=O) groups excluding carboxylic acids is 2. The van der Waals surface area contributed by atoms with Gasteiger partial charge < -0.3 is 20.7 Å². The van der Waals surface area contributed by atoms with Gasteiger partial charge in [-0.2, -0.15) is 5.10 Å². The summed E-state index contributed by atoms with van der Waals surface area (Å²) in [5.74, 6) is -0.828. The molecule has 1 aliphatic rings. The Hall–Kier alpha value is -2.81. The molecular formula is C21H27ClFN5O3. The Balaban J connectivity index is 1.75. The molecule has 0 saturated carbocycles. The van der Waals surface area contributed by atoms with Crippen LogP contribution in [0.1, 0.15) is 55.6 Å². The van der Waals surface area contributed by atoms with Crippen LogP contribution in [0.2, 0.25) is 5.02 Å². The first-order valence-electron chi connectivity index (χ1n) is 10.0. The van der Waals surface area contributed by atoms with Crippen LogP contribution in [0.4, 0.5) is 20.7 Å². The molecule has 3 rings (SSSR count). The first kappa shape index (κ1) is 22.9. The van der Waals surface area contributed by atoms with E-state index in [9.17, 15) is 14.0 Å². The molecule has 8 nitrogen and oxygen atoms in total. The molecule has 168 valence electrons. The summed E-state index contributed by atoms with van der Waals surface area (Å²) in [4.78, 5) is 26.9. The maximum absolute atomic E-state index is 13.4. The predicted octanol–water partition coefficient (Wildman–Crippen LogP) is 4.16. The van der Waals surface area contributed by atoms with Crippen molar-refractivity contribution in [2.75, 3.05) is 24.1 Å². The van der Waals surface area contributed by atoms with Crippen LogP contribution in [-0.4, -0.2) is 45.4 Å². The molecular weight excluding hydrogens is 425 g/mol. The van der Waals surface area contributed by atoms with Gasteiger partial charge in [-0.1, -0.05) is 11.6 Å². The monoisotopic (exact) mass is 451 g/mol. The molecule has 1 aromatic carbocycles. The van der Waals surface area contributed by atoms with Crippen molar-refractivity contribution in [3.8, 4) is 0 Å². The second-order valence-electron chi connectivity index (χ2n) is 8.59. The highest BCUT2D eigenvalue weighted by Crippen LogP contribution is 2.33. The number of rotatable bonds is 3. The van der Waals surface area contributed by atoms with E-state index in [1.165, 1.54) is 22.9 Å². The lowest BCUT2D eigenvalue weighted by Gasteiger charge is -2.33. The van der Waals surface area contributed by atoms with E-state index in [0.29, 0.717) is 37.3 Å². The van der Waals surface area contributed by atoms with E-state index in [4.69, 9.17) is 22.1 Å².